The van der Waals surface area contributed by atoms with Crippen LogP contribution in [0.2, 0.25) is 0 Å². The summed E-state index contributed by atoms with van der Waals surface area (Å²) in [6.45, 7) is 1.62. The third-order valence-corrected chi connectivity index (χ3v) is 6.84. The first-order valence-corrected chi connectivity index (χ1v) is 11.6. The number of nitrogens with one attached hydrogen (secondary N) is 1. The predicted molar refractivity (Wildman–Crippen MR) is 118 cm³/mol. The average molecular weight is 409 g/mol. The first-order chi connectivity index (χ1) is 13.8. The second kappa shape index (κ2) is 7.31. The number of benzene rings is 1. The molecular formula is C21H22N5S2+. The van der Waals surface area contributed by atoms with Crippen LogP contribution in [0.5, 0.6) is 0 Å². The molecule has 1 aliphatic carbocycles. The van der Waals surface area contributed by atoms with Crippen LogP contribution in [0, 0.1) is 0 Å². The molecule has 0 unspecified atom stereocenters. The highest BCUT2D eigenvalue weighted by Crippen LogP contribution is 2.43. The molecule has 4 aromatic rings. The quantitative estimate of drug-likeness (QED) is 0.388. The summed E-state index contributed by atoms with van der Waals surface area (Å²) >= 11 is 3.29. The Hall–Kier alpha value is -2.22. The number of thiophene rings is 1. The largest absolute Gasteiger partial charge is 0.363 e. The van der Waals surface area contributed by atoms with Crippen molar-refractivity contribution in [1.82, 2.24) is 15.0 Å². The number of quaternary nitrogens is 1. The van der Waals surface area contributed by atoms with Crippen molar-refractivity contribution in [2.45, 2.75) is 24.4 Å². The number of rotatable bonds is 5. The molecule has 3 heterocycles. The molecule has 0 saturated heterocycles. The highest BCUT2D eigenvalue weighted by atomic mass is 32.2. The highest BCUT2D eigenvalue weighted by Gasteiger charge is 2.25. The molecule has 7 heteroatoms. The van der Waals surface area contributed by atoms with E-state index in [2.05, 4.69) is 41.4 Å². The van der Waals surface area contributed by atoms with E-state index in [0.29, 0.717) is 0 Å². The molecule has 28 heavy (non-hydrogen) atoms. The molecule has 5 rings (SSSR count). The van der Waals surface area contributed by atoms with Gasteiger partial charge >= 0.3 is 0 Å². The van der Waals surface area contributed by atoms with Crippen LogP contribution in [0.15, 0.2) is 35.5 Å². The van der Waals surface area contributed by atoms with Gasteiger partial charge in [-0.15, -0.1) is 11.3 Å². The Labute approximate surface area is 171 Å². The van der Waals surface area contributed by atoms with Crippen LogP contribution in [0.3, 0.4) is 0 Å². The fraction of sp³-hybridized carbons (Fsp3) is 0.286. The number of hydrogen-bond donors (Lipinski definition) is 2. The van der Waals surface area contributed by atoms with Gasteiger partial charge in [-0.1, -0.05) is 42.1 Å². The first-order valence-electron chi connectivity index (χ1n) is 9.58. The van der Waals surface area contributed by atoms with Gasteiger partial charge in [0.2, 0.25) is 0 Å². The third kappa shape index (κ3) is 2.85. The SMILES string of the molecule is CSc1nc(NCC[NH3+])c2sc3nc(-c4ccccc4)c4c(c3c2n1)CCC4. The number of fused-ring (bicyclic) bond motifs is 5. The van der Waals surface area contributed by atoms with Gasteiger partial charge in [0.25, 0.3) is 0 Å². The van der Waals surface area contributed by atoms with Crippen LogP contribution in [0.4, 0.5) is 5.82 Å². The Morgan fingerprint density at radius 3 is 2.71 bits per heavy atom. The smallest absolute Gasteiger partial charge is 0.189 e. The van der Waals surface area contributed by atoms with Crippen molar-refractivity contribution in [3.05, 3.63) is 41.5 Å². The number of thioether (sulfide) groups is 1. The van der Waals surface area contributed by atoms with E-state index in [9.17, 15) is 0 Å². The van der Waals surface area contributed by atoms with Crippen LogP contribution >= 0.6 is 23.1 Å². The van der Waals surface area contributed by atoms with Gasteiger partial charge in [-0.25, -0.2) is 15.0 Å². The van der Waals surface area contributed by atoms with Crippen molar-refractivity contribution < 1.29 is 5.73 Å². The van der Waals surface area contributed by atoms with E-state index >= 15 is 0 Å². The van der Waals surface area contributed by atoms with Crippen molar-refractivity contribution in [1.29, 1.82) is 0 Å². The van der Waals surface area contributed by atoms with Crippen molar-refractivity contribution >= 4 is 49.3 Å². The second-order valence-corrected chi connectivity index (χ2v) is 8.71. The fourth-order valence-corrected chi connectivity index (χ4v) is 5.47. The molecule has 1 aromatic carbocycles. The van der Waals surface area contributed by atoms with E-state index in [1.165, 1.54) is 28.5 Å². The lowest BCUT2D eigenvalue weighted by Crippen LogP contribution is -2.53. The Morgan fingerprint density at radius 2 is 1.93 bits per heavy atom. The zero-order valence-corrected chi connectivity index (χ0v) is 17.4. The minimum Gasteiger partial charge on any atom is -0.363 e. The zero-order chi connectivity index (χ0) is 19.1. The molecule has 0 fully saturated rings. The predicted octanol–water partition coefficient (Wildman–Crippen LogP) is 3.77. The summed E-state index contributed by atoms with van der Waals surface area (Å²) in [6.07, 6.45) is 5.39. The summed E-state index contributed by atoms with van der Waals surface area (Å²) in [7, 11) is 0. The monoisotopic (exact) mass is 408 g/mol. The molecule has 0 spiro atoms. The van der Waals surface area contributed by atoms with E-state index in [1.807, 2.05) is 6.26 Å². The Morgan fingerprint density at radius 1 is 1.11 bits per heavy atom. The summed E-state index contributed by atoms with van der Waals surface area (Å²) in [5.74, 6) is 0.911. The summed E-state index contributed by atoms with van der Waals surface area (Å²) in [5.41, 5.74) is 10.2. The van der Waals surface area contributed by atoms with Gasteiger partial charge in [0, 0.05) is 10.9 Å². The lowest BCUT2D eigenvalue weighted by Gasteiger charge is -2.09. The van der Waals surface area contributed by atoms with Crippen LogP contribution in [0.1, 0.15) is 17.5 Å². The number of anilines is 1. The lowest BCUT2D eigenvalue weighted by atomic mass is 10.0. The van der Waals surface area contributed by atoms with Gasteiger partial charge in [0.15, 0.2) is 5.16 Å². The molecule has 0 radical (unpaired) electrons. The Balaban J connectivity index is 1.82. The average Bonchev–Trinajstić information content (AvgIpc) is 3.36. The van der Waals surface area contributed by atoms with Crippen LogP contribution in [0.25, 0.3) is 31.7 Å². The molecule has 1 aliphatic rings. The minimum atomic E-state index is 0.801. The molecule has 0 aliphatic heterocycles. The molecule has 3 aromatic heterocycles. The van der Waals surface area contributed by atoms with Gasteiger partial charge in [0.1, 0.15) is 10.6 Å². The maximum Gasteiger partial charge on any atom is 0.189 e. The van der Waals surface area contributed by atoms with E-state index in [1.54, 1.807) is 23.1 Å². The fourth-order valence-electron chi connectivity index (χ4n) is 4.00. The number of aromatic nitrogens is 3. The van der Waals surface area contributed by atoms with Crippen LogP contribution < -0.4 is 11.1 Å². The highest BCUT2D eigenvalue weighted by molar-refractivity contribution is 7.98. The molecule has 0 saturated carbocycles. The summed E-state index contributed by atoms with van der Waals surface area (Å²) in [4.78, 5) is 15.8. The van der Waals surface area contributed by atoms with E-state index in [0.717, 1.165) is 57.6 Å². The van der Waals surface area contributed by atoms with Crippen LogP contribution in [-0.2, 0) is 12.8 Å². The third-order valence-electron chi connectivity index (χ3n) is 5.21. The molecule has 142 valence electrons. The van der Waals surface area contributed by atoms with Gasteiger partial charge in [-0.2, -0.15) is 0 Å². The van der Waals surface area contributed by atoms with Gasteiger partial charge in [0.05, 0.1) is 29.0 Å². The maximum absolute atomic E-state index is 5.14. The normalized spacial score (nSPS) is 13.4. The Bertz CT molecular complexity index is 1170. The van der Waals surface area contributed by atoms with Crippen molar-refractivity contribution in [3.63, 3.8) is 0 Å². The minimum absolute atomic E-state index is 0.801. The summed E-state index contributed by atoms with van der Waals surface area (Å²) in [5, 5.41) is 5.48. The van der Waals surface area contributed by atoms with Crippen LogP contribution in [-0.4, -0.2) is 34.3 Å². The first kappa shape index (κ1) is 17.8. The number of aryl methyl sites for hydroxylation is 1. The molecule has 0 amide bonds. The summed E-state index contributed by atoms with van der Waals surface area (Å²) < 4.78 is 1.10. The second-order valence-electron chi connectivity index (χ2n) is 6.94. The zero-order valence-electron chi connectivity index (χ0n) is 15.8. The van der Waals surface area contributed by atoms with Crippen molar-refractivity contribution in [3.8, 4) is 11.3 Å². The van der Waals surface area contributed by atoms with Gasteiger partial charge in [-0.05, 0) is 36.6 Å². The maximum atomic E-state index is 5.14. The lowest BCUT2D eigenvalue weighted by molar-refractivity contribution is -0.362. The van der Waals surface area contributed by atoms with E-state index in [-0.39, 0.29) is 0 Å². The van der Waals surface area contributed by atoms with Gasteiger partial charge < -0.3 is 11.1 Å². The molecule has 0 atom stereocenters. The molecule has 4 N–H and O–H groups in total. The topological polar surface area (TPSA) is 78.3 Å². The Kier molecular flexibility index (Phi) is 4.66. The molecule has 5 nitrogen and oxygen atoms in total. The number of nitrogens with zero attached hydrogens (tertiary/aromatic N) is 3. The van der Waals surface area contributed by atoms with E-state index in [4.69, 9.17) is 15.0 Å². The van der Waals surface area contributed by atoms with Crippen molar-refractivity contribution in [2.75, 3.05) is 24.7 Å². The molecule has 0 bridgehead atoms. The van der Waals surface area contributed by atoms with Crippen molar-refractivity contribution in [2.24, 2.45) is 0 Å². The molecular weight excluding hydrogens is 386 g/mol. The van der Waals surface area contributed by atoms with E-state index < -0.39 is 0 Å². The number of pyridine rings is 1. The summed E-state index contributed by atoms with van der Waals surface area (Å²) in [6, 6.07) is 10.6. The standard InChI is InChI=1S/C21H21N5S2/c1-27-21-25-17-15-13-8-5-9-14(13)16(12-6-3-2-4-7-12)24-20(15)28-18(17)19(26-21)23-11-10-22/h2-4,6-7H,5,8-11,22H2,1H3,(H,23,25,26)/p+1. The number of hydrogen-bond acceptors (Lipinski definition) is 6. The van der Waals surface area contributed by atoms with Gasteiger partial charge in [-0.3, -0.25) is 0 Å².